The van der Waals surface area contributed by atoms with Crippen molar-refractivity contribution < 1.29 is 9.53 Å². The van der Waals surface area contributed by atoms with E-state index in [2.05, 4.69) is 25.1 Å². The number of para-hydroxylation sites is 1. The van der Waals surface area contributed by atoms with E-state index in [1.54, 1.807) is 6.20 Å². The molecule has 2 aromatic carbocycles. The highest BCUT2D eigenvalue weighted by Crippen LogP contribution is 2.38. The summed E-state index contributed by atoms with van der Waals surface area (Å²) in [5.74, 6) is 2.47. The molecule has 4 aromatic rings. The van der Waals surface area contributed by atoms with Gasteiger partial charge in [-0.2, -0.15) is 0 Å². The third-order valence-corrected chi connectivity index (χ3v) is 5.85. The summed E-state index contributed by atoms with van der Waals surface area (Å²) in [6, 6.07) is 23.3. The Labute approximate surface area is 192 Å². The third-order valence-electron chi connectivity index (χ3n) is 5.85. The molecule has 0 unspecified atom stereocenters. The molecular formula is C26H25N5O2. The minimum absolute atomic E-state index is 0.0390. The lowest BCUT2D eigenvalue weighted by atomic mass is 9.79. The predicted octanol–water partition coefficient (Wildman–Crippen LogP) is 4.40. The second kappa shape index (κ2) is 9.24. The SMILES string of the molecule is CCOc1ccc(-c2nnc([C@H]3C[C@H](NC(=O)c4ccccc4)C3)n2-c2ccccc2)nc1. The van der Waals surface area contributed by atoms with Crippen LogP contribution in [0.3, 0.4) is 0 Å². The lowest BCUT2D eigenvalue weighted by molar-refractivity contribution is 0.0907. The fourth-order valence-electron chi connectivity index (χ4n) is 4.13. The Morgan fingerprint density at radius 1 is 1.00 bits per heavy atom. The van der Waals surface area contributed by atoms with Crippen molar-refractivity contribution >= 4 is 5.91 Å². The molecular weight excluding hydrogens is 414 g/mol. The number of nitrogens with one attached hydrogen (secondary N) is 1. The van der Waals surface area contributed by atoms with Crippen LogP contribution in [0.2, 0.25) is 0 Å². The van der Waals surface area contributed by atoms with Crippen molar-refractivity contribution in [1.82, 2.24) is 25.1 Å². The number of ether oxygens (including phenoxy) is 1. The minimum Gasteiger partial charge on any atom is -0.492 e. The Bertz CT molecular complexity index is 1220. The second-order valence-corrected chi connectivity index (χ2v) is 8.07. The summed E-state index contributed by atoms with van der Waals surface area (Å²) >= 11 is 0. The molecule has 0 saturated heterocycles. The summed E-state index contributed by atoms with van der Waals surface area (Å²) < 4.78 is 7.59. The van der Waals surface area contributed by atoms with Gasteiger partial charge in [-0.05, 0) is 56.2 Å². The number of carbonyl (C=O) groups is 1. The number of carbonyl (C=O) groups excluding carboxylic acids is 1. The summed E-state index contributed by atoms with van der Waals surface area (Å²) in [6.45, 7) is 2.54. The monoisotopic (exact) mass is 439 g/mol. The normalized spacial score (nSPS) is 17.2. The number of aromatic nitrogens is 4. The van der Waals surface area contributed by atoms with Gasteiger partial charge in [0.25, 0.3) is 5.91 Å². The van der Waals surface area contributed by atoms with E-state index < -0.39 is 0 Å². The summed E-state index contributed by atoms with van der Waals surface area (Å²) in [5, 5.41) is 12.2. The van der Waals surface area contributed by atoms with Crippen molar-refractivity contribution in [3.63, 3.8) is 0 Å². The van der Waals surface area contributed by atoms with E-state index in [9.17, 15) is 4.79 Å². The molecule has 33 heavy (non-hydrogen) atoms. The fourth-order valence-corrected chi connectivity index (χ4v) is 4.13. The Balaban J connectivity index is 1.38. The third kappa shape index (κ3) is 4.35. The molecule has 2 heterocycles. The first-order valence-corrected chi connectivity index (χ1v) is 11.2. The maximum atomic E-state index is 12.5. The van der Waals surface area contributed by atoms with Crippen molar-refractivity contribution in [1.29, 1.82) is 0 Å². The first-order valence-electron chi connectivity index (χ1n) is 11.2. The van der Waals surface area contributed by atoms with E-state index >= 15 is 0 Å². The average Bonchev–Trinajstić information content (AvgIpc) is 3.27. The molecule has 0 bridgehead atoms. The van der Waals surface area contributed by atoms with Crippen molar-refractivity contribution in [3.8, 4) is 23.0 Å². The Kier molecular flexibility index (Phi) is 5.85. The Morgan fingerprint density at radius 3 is 2.39 bits per heavy atom. The highest BCUT2D eigenvalue weighted by atomic mass is 16.5. The molecule has 0 spiro atoms. The number of pyridine rings is 1. The maximum absolute atomic E-state index is 12.5. The van der Waals surface area contributed by atoms with Gasteiger partial charge in [0, 0.05) is 23.2 Å². The summed E-state index contributed by atoms with van der Waals surface area (Å²) in [5.41, 5.74) is 2.39. The zero-order valence-electron chi connectivity index (χ0n) is 18.4. The second-order valence-electron chi connectivity index (χ2n) is 8.07. The number of rotatable bonds is 7. The van der Waals surface area contributed by atoms with Crippen molar-refractivity contribution in [2.75, 3.05) is 6.61 Å². The van der Waals surface area contributed by atoms with Crippen LogP contribution in [0.1, 0.15) is 41.9 Å². The fraction of sp³-hybridized carbons (Fsp3) is 0.231. The number of amides is 1. The lowest BCUT2D eigenvalue weighted by Crippen LogP contribution is -2.44. The molecule has 7 heteroatoms. The molecule has 166 valence electrons. The summed E-state index contributed by atoms with van der Waals surface area (Å²) in [4.78, 5) is 17.0. The van der Waals surface area contributed by atoms with Crippen LogP contribution < -0.4 is 10.1 Å². The molecule has 1 N–H and O–H groups in total. The molecule has 0 atom stereocenters. The summed E-state index contributed by atoms with van der Waals surface area (Å²) in [6.07, 6.45) is 3.35. The first kappa shape index (κ1) is 20.9. The van der Waals surface area contributed by atoms with Crippen molar-refractivity contribution in [2.45, 2.75) is 31.7 Å². The van der Waals surface area contributed by atoms with Crippen LogP contribution in [0.25, 0.3) is 17.2 Å². The molecule has 7 nitrogen and oxygen atoms in total. The van der Waals surface area contributed by atoms with Crippen LogP contribution in [0.4, 0.5) is 0 Å². The maximum Gasteiger partial charge on any atom is 0.251 e. The van der Waals surface area contributed by atoms with Gasteiger partial charge in [0.15, 0.2) is 5.82 Å². The van der Waals surface area contributed by atoms with E-state index in [0.717, 1.165) is 35.8 Å². The van der Waals surface area contributed by atoms with Crippen LogP contribution >= 0.6 is 0 Å². The van der Waals surface area contributed by atoms with Gasteiger partial charge in [0.1, 0.15) is 17.3 Å². The molecule has 1 fully saturated rings. The number of hydrogen-bond acceptors (Lipinski definition) is 5. The number of benzene rings is 2. The van der Waals surface area contributed by atoms with Gasteiger partial charge < -0.3 is 10.1 Å². The van der Waals surface area contributed by atoms with Crippen LogP contribution in [0, 0.1) is 0 Å². The van der Waals surface area contributed by atoms with Gasteiger partial charge in [-0.1, -0.05) is 36.4 Å². The molecule has 1 aliphatic rings. The van der Waals surface area contributed by atoms with Gasteiger partial charge in [-0.3, -0.25) is 9.36 Å². The van der Waals surface area contributed by atoms with Crippen LogP contribution in [0.5, 0.6) is 5.75 Å². The van der Waals surface area contributed by atoms with Crippen molar-refractivity contribution in [3.05, 3.63) is 90.4 Å². The predicted molar refractivity (Wildman–Crippen MR) is 125 cm³/mol. The van der Waals surface area contributed by atoms with Gasteiger partial charge in [0.2, 0.25) is 0 Å². The highest BCUT2D eigenvalue weighted by molar-refractivity contribution is 5.94. The Morgan fingerprint density at radius 2 is 1.73 bits per heavy atom. The largest absolute Gasteiger partial charge is 0.492 e. The molecule has 2 aromatic heterocycles. The molecule has 5 rings (SSSR count). The van der Waals surface area contributed by atoms with Gasteiger partial charge in [-0.25, -0.2) is 4.98 Å². The average molecular weight is 440 g/mol. The lowest BCUT2D eigenvalue weighted by Gasteiger charge is -2.35. The minimum atomic E-state index is -0.0390. The smallest absolute Gasteiger partial charge is 0.251 e. The number of nitrogens with zero attached hydrogens (tertiary/aromatic N) is 4. The van der Waals surface area contributed by atoms with E-state index in [0.29, 0.717) is 18.0 Å². The van der Waals surface area contributed by atoms with E-state index in [-0.39, 0.29) is 17.9 Å². The summed E-state index contributed by atoms with van der Waals surface area (Å²) in [7, 11) is 0. The molecule has 1 saturated carbocycles. The van der Waals surface area contributed by atoms with Crippen molar-refractivity contribution in [2.24, 2.45) is 0 Å². The topological polar surface area (TPSA) is 81.9 Å². The zero-order valence-corrected chi connectivity index (χ0v) is 18.4. The number of hydrogen-bond donors (Lipinski definition) is 1. The van der Waals surface area contributed by atoms with Crippen LogP contribution in [0.15, 0.2) is 79.0 Å². The first-order chi connectivity index (χ1) is 16.2. The molecule has 1 aliphatic carbocycles. The van der Waals surface area contributed by atoms with Gasteiger partial charge in [-0.15, -0.1) is 10.2 Å². The van der Waals surface area contributed by atoms with Crippen LogP contribution in [-0.4, -0.2) is 38.3 Å². The quantitative estimate of drug-likeness (QED) is 0.461. The zero-order chi connectivity index (χ0) is 22.6. The molecule has 0 aliphatic heterocycles. The van der Waals surface area contributed by atoms with E-state index in [1.807, 2.05) is 79.7 Å². The van der Waals surface area contributed by atoms with Gasteiger partial charge in [0.05, 0.1) is 12.8 Å². The standard InChI is InChI=1S/C26H25N5O2/c1-2-33-22-13-14-23(27-17-22)25-30-29-24(31(25)21-11-7-4-8-12-21)19-15-20(16-19)28-26(32)18-9-5-3-6-10-18/h3-14,17,19-20H,2,15-16H2,1H3,(H,28,32)/t19-,20-. The van der Waals surface area contributed by atoms with Crippen LogP contribution in [-0.2, 0) is 0 Å². The molecule has 0 radical (unpaired) electrons. The van der Waals surface area contributed by atoms with E-state index in [4.69, 9.17) is 4.74 Å². The molecule has 1 amide bonds. The highest BCUT2D eigenvalue weighted by Gasteiger charge is 2.36. The van der Waals surface area contributed by atoms with E-state index in [1.165, 1.54) is 0 Å². The van der Waals surface area contributed by atoms with Gasteiger partial charge >= 0.3 is 0 Å². The Hall–Kier alpha value is -4.00.